The van der Waals surface area contributed by atoms with E-state index in [9.17, 15) is 27.7 Å². The van der Waals surface area contributed by atoms with Crippen LogP contribution in [-0.4, -0.2) is 40.6 Å². The molecule has 0 unspecified atom stereocenters. The van der Waals surface area contributed by atoms with E-state index in [0.29, 0.717) is 5.69 Å². The molecule has 37 heavy (non-hydrogen) atoms. The Morgan fingerprint density at radius 3 is 2.32 bits per heavy atom. The first-order valence-electron chi connectivity index (χ1n) is 11.3. The summed E-state index contributed by atoms with van der Waals surface area (Å²) in [4.78, 5) is 23.0. The minimum Gasteiger partial charge on any atom is -0.437 e. The van der Waals surface area contributed by atoms with Crippen molar-refractivity contribution in [3.05, 3.63) is 69.7 Å². The lowest BCUT2D eigenvalue weighted by Gasteiger charge is -2.21. The number of nitro groups is 1. The molecular formula is C24H28FN5O6S. The lowest BCUT2D eigenvalue weighted by atomic mass is 10.1. The van der Waals surface area contributed by atoms with Crippen LogP contribution in [-0.2, 0) is 10.0 Å². The van der Waals surface area contributed by atoms with E-state index >= 15 is 0 Å². The third kappa shape index (κ3) is 6.49. The van der Waals surface area contributed by atoms with E-state index in [4.69, 9.17) is 4.74 Å². The molecule has 0 aliphatic heterocycles. The summed E-state index contributed by atoms with van der Waals surface area (Å²) in [6, 6.07) is 8.17. The fourth-order valence-electron chi connectivity index (χ4n) is 3.37. The Balaban J connectivity index is 2.22. The molecule has 1 amide bonds. The van der Waals surface area contributed by atoms with Gasteiger partial charge in [-0.3, -0.25) is 14.9 Å². The van der Waals surface area contributed by atoms with E-state index in [2.05, 4.69) is 15.1 Å². The number of benzene rings is 2. The predicted octanol–water partition coefficient (Wildman–Crippen LogP) is 4.24. The van der Waals surface area contributed by atoms with Crippen molar-refractivity contribution >= 4 is 21.6 Å². The molecule has 3 rings (SSSR count). The maximum atomic E-state index is 13.6. The number of nitrogens with zero attached hydrogens (tertiary/aromatic N) is 3. The second kappa shape index (κ2) is 10.3. The number of ether oxygens (including phenoxy) is 1. The number of halogens is 1. The third-order valence-corrected chi connectivity index (χ3v) is 6.63. The summed E-state index contributed by atoms with van der Waals surface area (Å²) in [6.45, 7) is 9.97. The molecule has 3 aromatic rings. The molecule has 198 valence electrons. The van der Waals surface area contributed by atoms with Gasteiger partial charge in [-0.05, 0) is 71.9 Å². The van der Waals surface area contributed by atoms with Crippen molar-refractivity contribution in [3.8, 4) is 17.3 Å². The Morgan fingerprint density at radius 1 is 1.16 bits per heavy atom. The average Bonchev–Trinajstić information content (AvgIpc) is 3.08. The average molecular weight is 534 g/mol. The van der Waals surface area contributed by atoms with Crippen LogP contribution in [0.2, 0.25) is 0 Å². The number of amides is 1. The van der Waals surface area contributed by atoms with E-state index in [1.54, 1.807) is 41.5 Å². The van der Waals surface area contributed by atoms with Crippen LogP contribution in [0.1, 0.15) is 50.7 Å². The number of non-ortho nitro benzene ring substituents is 1. The van der Waals surface area contributed by atoms with Gasteiger partial charge in [-0.15, -0.1) is 0 Å². The molecule has 0 radical (unpaired) electrons. The van der Waals surface area contributed by atoms with Crippen molar-refractivity contribution in [1.29, 1.82) is 0 Å². The largest absolute Gasteiger partial charge is 0.437 e. The van der Waals surface area contributed by atoms with Gasteiger partial charge < -0.3 is 10.1 Å². The van der Waals surface area contributed by atoms with Crippen LogP contribution in [0.4, 0.5) is 10.1 Å². The van der Waals surface area contributed by atoms with Gasteiger partial charge in [-0.2, -0.15) is 9.78 Å². The zero-order chi connectivity index (χ0) is 27.7. The van der Waals surface area contributed by atoms with Crippen molar-refractivity contribution < 1.29 is 27.3 Å². The van der Waals surface area contributed by atoms with Gasteiger partial charge in [0.1, 0.15) is 16.5 Å². The van der Waals surface area contributed by atoms with Crippen molar-refractivity contribution in [2.24, 2.45) is 0 Å². The second-order valence-electron chi connectivity index (χ2n) is 9.64. The number of nitrogens with one attached hydrogen (secondary N) is 2. The first kappa shape index (κ1) is 27.7. The highest BCUT2D eigenvalue weighted by Crippen LogP contribution is 2.36. The Labute approximate surface area is 213 Å². The molecule has 0 atom stereocenters. The van der Waals surface area contributed by atoms with Crippen LogP contribution < -0.4 is 14.8 Å². The number of sulfonamides is 1. The minimum atomic E-state index is -4.28. The van der Waals surface area contributed by atoms with Gasteiger partial charge in [0.15, 0.2) is 5.69 Å². The molecule has 0 bridgehead atoms. The van der Waals surface area contributed by atoms with Crippen LogP contribution in [0, 0.1) is 22.9 Å². The quantitative estimate of drug-likeness (QED) is 0.325. The molecule has 0 spiro atoms. The number of hydrogen-bond acceptors (Lipinski definition) is 7. The summed E-state index contributed by atoms with van der Waals surface area (Å²) < 4.78 is 49.7. The number of aromatic nitrogens is 2. The molecule has 0 saturated carbocycles. The SMILES string of the molecule is Cc1c(C(=O)NC(C)C)nn(-c2ccc(F)cc2)c1Oc1ccc([N+](=O)[O-])cc1S(=O)(=O)NC(C)(C)C. The molecule has 13 heteroatoms. The van der Waals surface area contributed by atoms with Crippen LogP contribution in [0.25, 0.3) is 5.69 Å². The Kier molecular flexibility index (Phi) is 7.70. The van der Waals surface area contributed by atoms with Crippen LogP contribution in [0.5, 0.6) is 11.6 Å². The zero-order valence-corrected chi connectivity index (χ0v) is 22.0. The molecular weight excluding hydrogens is 505 g/mol. The second-order valence-corrected chi connectivity index (χ2v) is 11.3. The Hall–Kier alpha value is -3.84. The third-order valence-electron chi connectivity index (χ3n) is 4.85. The number of hydrogen-bond donors (Lipinski definition) is 2. The Bertz CT molecular complexity index is 1440. The van der Waals surface area contributed by atoms with Gasteiger partial charge in [-0.1, -0.05) is 0 Å². The number of carbonyl (C=O) groups is 1. The molecule has 0 aliphatic rings. The fourth-order valence-corrected chi connectivity index (χ4v) is 4.94. The maximum absolute atomic E-state index is 13.6. The van der Waals surface area contributed by atoms with Crippen molar-refractivity contribution in [3.63, 3.8) is 0 Å². The maximum Gasteiger partial charge on any atom is 0.272 e. The monoisotopic (exact) mass is 533 g/mol. The highest BCUT2D eigenvalue weighted by molar-refractivity contribution is 7.89. The molecule has 11 nitrogen and oxygen atoms in total. The molecule has 2 aromatic carbocycles. The molecule has 0 fully saturated rings. The van der Waals surface area contributed by atoms with Crippen molar-refractivity contribution in [2.75, 3.05) is 0 Å². The standard InChI is InChI=1S/C24H28FN5O6S/c1-14(2)26-22(31)21-15(3)23(29(27-21)17-9-7-16(25)8-10-17)36-19-12-11-18(30(32)33)13-20(19)37(34,35)28-24(4,5)6/h7-14,28H,1-6H3,(H,26,31). The highest BCUT2D eigenvalue weighted by Gasteiger charge is 2.30. The molecule has 0 aliphatic carbocycles. The van der Waals surface area contributed by atoms with Gasteiger partial charge in [0, 0.05) is 29.3 Å². The lowest BCUT2D eigenvalue weighted by Crippen LogP contribution is -2.40. The highest BCUT2D eigenvalue weighted by atomic mass is 32.2. The molecule has 0 saturated heterocycles. The van der Waals surface area contributed by atoms with E-state index < -0.39 is 42.8 Å². The van der Waals surface area contributed by atoms with Gasteiger partial charge >= 0.3 is 0 Å². The van der Waals surface area contributed by atoms with Gasteiger partial charge in [-0.25, -0.2) is 17.5 Å². The first-order valence-corrected chi connectivity index (χ1v) is 12.7. The van der Waals surface area contributed by atoms with E-state index in [1.165, 1.54) is 28.9 Å². The summed E-state index contributed by atoms with van der Waals surface area (Å²) >= 11 is 0. The molecule has 1 heterocycles. The molecule has 2 N–H and O–H groups in total. The van der Waals surface area contributed by atoms with E-state index in [-0.39, 0.29) is 28.9 Å². The number of carbonyl (C=O) groups excluding carboxylic acids is 1. The normalized spacial score (nSPS) is 12.0. The van der Waals surface area contributed by atoms with Crippen molar-refractivity contribution in [2.45, 2.75) is 58.0 Å². The smallest absolute Gasteiger partial charge is 0.272 e. The van der Waals surface area contributed by atoms with Crippen molar-refractivity contribution in [1.82, 2.24) is 19.8 Å². The number of nitro benzene ring substituents is 1. The number of rotatable bonds is 8. The topological polar surface area (TPSA) is 145 Å². The van der Waals surface area contributed by atoms with Crippen LogP contribution in [0.15, 0.2) is 47.4 Å². The van der Waals surface area contributed by atoms with E-state index in [0.717, 1.165) is 18.2 Å². The zero-order valence-electron chi connectivity index (χ0n) is 21.2. The Morgan fingerprint density at radius 2 is 1.78 bits per heavy atom. The van der Waals surface area contributed by atoms with Crippen LogP contribution in [0.3, 0.4) is 0 Å². The fraction of sp³-hybridized carbons (Fsp3) is 0.333. The van der Waals surface area contributed by atoms with Crippen LogP contribution >= 0.6 is 0 Å². The van der Waals surface area contributed by atoms with Gasteiger partial charge in [0.2, 0.25) is 15.9 Å². The predicted molar refractivity (Wildman–Crippen MR) is 134 cm³/mol. The summed E-state index contributed by atoms with van der Waals surface area (Å²) in [7, 11) is -4.28. The first-order chi connectivity index (χ1) is 17.1. The minimum absolute atomic E-state index is 0.00663. The lowest BCUT2D eigenvalue weighted by molar-refractivity contribution is -0.385. The summed E-state index contributed by atoms with van der Waals surface area (Å²) in [5, 5.41) is 18.5. The van der Waals surface area contributed by atoms with Gasteiger partial charge in [0.25, 0.3) is 11.6 Å². The summed E-state index contributed by atoms with van der Waals surface area (Å²) in [5.74, 6) is -1.25. The summed E-state index contributed by atoms with van der Waals surface area (Å²) in [6.07, 6.45) is 0. The summed E-state index contributed by atoms with van der Waals surface area (Å²) in [5.41, 5.74) is -0.737. The van der Waals surface area contributed by atoms with E-state index in [1.807, 2.05) is 0 Å². The van der Waals surface area contributed by atoms with Gasteiger partial charge in [0.05, 0.1) is 10.6 Å². The molecule has 1 aromatic heterocycles.